The first-order valence-corrected chi connectivity index (χ1v) is 10.0. The van der Waals surface area contributed by atoms with Crippen LogP contribution in [0.1, 0.15) is 27.4 Å². The molecule has 0 spiro atoms. The Balaban J connectivity index is 1.73. The lowest BCUT2D eigenvalue weighted by Gasteiger charge is -2.30. The first kappa shape index (κ1) is 17.9. The van der Waals surface area contributed by atoms with Crippen LogP contribution in [0.3, 0.4) is 0 Å². The molecule has 23 heavy (non-hydrogen) atoms. The van der Waals surface area contributed by atoms with Gasteiger partial charge in [0.05, 0.1) is 17.7 Å². The van der Waals surface area contributed by atoms with E-state index in [-0.39, 0.29) is 24.4 Å². The molecule has 128 valence electrons. The summed E-state index contributed by atoms with van der Waals surface area (Å²) in [5.41, 5.74) is 0. The van der Waals surface area contributed by atoms with E-state index in [1.54, 1.807) is 6.07 Å². The summed E-state index contributed by atoms with van der Waals surface area (Å²) in [6, 6.07) is 3.53. The average Bonchev–Trinajstić information content (AvgIpc) is 2.91. The summed E-state index contributed by atoms with van der Waals surface area (Å²) >= 11 is 1.38. The number of carbonyl (C=O) groups excluding carboxylic acids is 2. The van der Waals surface area contributed by atoms with Crippen LogP contribution in [0.5, 0.6) is 0 Å². The number of amides is 2. The van der Waals surface area contributed by atoms with Gasteiger partial charge in [0.25, 0.3) is 5.91 Å². The van der Waals surface area contributed by atoms with Gasteiger partial charge in [-0.15, -0.1) is 11.3 Å². The lowest BCUT2D eigenvalue weighted by atomic mass is 10.1. The monoisotopic (exact) mass is 359 g/mol. The molecule has 1 aromatic heterocycles. The molecule has 1 aliphatic heterocycles. The van der Waals surface area contributed by atoms with Crippen molar-refractivity contribution in [3.8, 4) is 0 Å². The minimum atomic E-state index is -3.16. The van der Waals surface area contributed by atoms with Crippen molar-refractivity contribution in [2.24, 2.45) is 0 Å². The number of sulfonamides is 1. The van der Waals surface area contributed by atoms with Gasteiger partial charge in [-0.2, -0.15) is 0 Å². The van der Waals surface area contributed by atoms with Crippen LogP contribution >= 0.6 is 11.3 Å². The molecule has 2 heterocycles. The highest BCUT2D eigenvalue weighted by molar-refractivity contribution is 7.88. The van der Waals surface area contributed by atoms with E-state index in [0.29, 0.717) is 30.8 Å². The number of nitrogens with zero attached hydrogens (tertiary/aromatic N) is 1. The fourth-order valence-corrected chi connectivity index (χ4v) is 4.07. The molecule has 0 atom stereocenters. The number of thiophene rings is 1. The minimum Gasteiger partial charge on any atom is -0.352 e. The molecule has 2 amide bonds. The summed E-state index contributed by atoms with van der Waals surface area (Å²) < 4.78 is 24.3. The Morgan fingerprint density at radius 2 is 1.96 bits per heavy atom. The number of nitrogens with one attached hydrogen (secondary N) is 2. The molecule has 2 rings (SSSR count). The largest absolute Gasteiger partial charge is 0.352 e. The molecular weight excluding hydrogens is 338 g/mol. The Morgan fingerprint density at radius 3 is 2.48 bits per heavy atom. The average molecular weight is 359 g/mol. The second-order valence-electron chi connectivity index (χ2n) is 5.60. The number of hydrogen-bond donors (Lipinski definition) is 2. The Morgan fingerprint density at radius 1 is 1.30 bits per heavy atom. The van der Waals surface area contributed by atoms with Crippen molar-refractivity contribution in [2.45, 2.75) is 25.8 Å². The second kappa shape index (κ2) is 7.41. The Bertz CT molecular complexity index is 676. The highest BCUT2D eigenvalue weighted by atomic mass is 32.2. The number of carbonyl (C=O) groups is 2. The summed E-state index contributed by atoms with van der Waals surface area (Å²) in [5, 5.41) is 5.42. The molecular formula is C14H21N3O4S2. The molecule has 0 unspecified atom stereocenters. The van der Waals surface area contributed by atoms with Gasteiger partial charge in [-0.05, 0) is 31.9 Å². The van der Waals surface area contributed by atoms with Gasteiger partial charge in [0, 0.05) is 24.0 Å². The van der Waals surface area contributed by atoms with E-state index in [9.17, 15) is 18.0 Å². The summed E-state index contributed by atoms with van der Waals surface area (Å²) in [6.07, 6.45) is 2.35. The first-order chi connectivity index (χ1) is 10.8. The van der Waals surface area contributed by atoms with E-state index in [1.807, 2.05) is 13.0 Å². The molecule has 2 N–H and O–H groups in total. The van der Waals surface area contributed by atoms with Gasteiger partial charge in [0.2, 0.25) is 15.9 Å². The van der Waals surface area contributed by atoms with Crippen LogP contribution in [-0.2, 0) is 14.8 Å². The third-order valence-electron chi connectivity index (χ3n) is 3.66. The van der Waals surface area contributed by atoms with Crippen LogP contribution in [0, 0.1) is 6.92 Å². The SMILES string of the molecule is Cc1ccc(C(=O)NCC(=O)NC2CCN(S(C)(=O)=O)CC2)s1. The highest BCUT2D eigenvalue weighted by Gasteiger charge is 2.25. The minimum absolute atomic E-state index is 0.0543. The Hall–Kier alpha value is -1.45. The van der Waals surface area contributed by atoms with Crippen molar-refractivity contribution < 1.29 is 18.0 Å². The van der Waals surface area contributed by atoms with Gasteiger partial charge in [-0.25, -0.2) is 12.7 Å². The molecule has 0 aromatic carbocycles. The molecule has 7 nitrogen and oxygen atoms in total. The zero-order chi connectivity index (χ0) is 17.0. The summed E-state index contributed by atoms with van der Waals surface area (Å²) in [4.78, 5) is 25.3. The Kier molecular flexibility index (Phi) is 5.77. The number of rotatable bonds is 5. The lowest BCUT2D eigenvalue weighted by molar-refractivity contribution is -0.121. The van der Waals surface area contributed by atoms with Crippen molar-refractivity contribution in [2.75, 3.05) is 25.9 Å². The normalized spacial score (nSPS) is 17.0. The van der Waals surface area contributed by atoms with Crippen LogP contribution < -0.4 is 10.6 Å². The van der Waals surface area contributed by atoms with Gasteiger partial charge in [0.15, 0.2) is 0 Å². The maximum absolute atomic E-state index is 11.9. The van der Waals surface area contributed by atoms with E-state index < -0.39 is 10.0 Å². The van der Waals surface area contributed by atoms with Crippen LogP contribution in [0.2, 0.25) is 0 Å². The van der Waals surface area contributed by atoms with E-state index in [2.05, 4.69) is 10.6 Å². The molecule has 0 aliphatic carbocycles. The highest BCUT2D eigenvalue weighted by Crippen LogP contribution is 2.15. The first-order valence-electron chi connectivity index (χ1n) is 7.35. The van der Waals surface area contributed by atoms with Crippen molar-refractivity contribution in [3.63, 3.8) is 0 Å². The smallest absolute Gasteiger partial charge is 0.261 e. The fraction of sp³-hybridized carbons (Fsp3) is 0.571. The third-order valence-corrected chi connectivity index (χ3v) is 5.96. The van der Waals surface area contributed by atoms with E-state index in [1.165, 1.54) is 21.9 Å². The summed E-state index contributed by atoms with van der Waals surface area (Å²) in [6.45, 7) is 2.65. The Labute approximate surface area is 140 Å². The molecule has 1 aromatic rings. The molecule has 9 heteroatoms. The maximum Gasteiger partial charge on any atom is 0.261 e. The maximum atomic E-state index is 11.9. The standard InChI is InChI=1S/C14H21N3O4S2/c1-10-3-4-12(22-10)14(19)15-9-13(18)16-11-5-7-17(8-6-11)23(2,20)21/h3-4,11H,5-9H2,1-2H3,(H,15,19)(H,16,18). The van der Waals surface area contributed by atoms with Gasteiger partial charge >= 0.3 is 0 Å². The van der Waals surface area contributed by atoms with E-state index in [0.717, 1.165) is 4.88 Å². The van der Waals surface area contributed by atoms with Gasteiger partial charge in [-0.3, -0.25) is 9.59 Å². The molecule has 1 fully saturated rings. The second-order valence-corrected chi connectivity index (χ2v) is 8.87. The van der Waals surface area contributed by atoms with Crippen molar-refractivity contribution in [1.29, 1.82) is 0 Å². The van der Waals surface area contributed by atoms with Crippen molar-refractivity contribution in [1.82, 2.24) is 14.9 Å². The van der Waals surface area contributed by atoms with Crippen molar-refractivity contribution >= 4 is 33.2 Å². The molecule has 0 saturated carbocycles. The van der Waals surface area contributed by atoms with Crippen LogP contribution in [0.15, 0.2) is 12.1 Å². The fourth-order valence-electron chi connectivity index (χ4n) is 2.41. The predicted molar refractivity (Wildman–Crippen MR) is 89.0 cm³/mol. The molecule has 1 aliphatic rings. The quantitative estimate of drug-likeness (QED) is 0.792. The van der Waals surface area contributed by atoms with Crippen LogP contribution in [0.25, 0.3) is 0 Å². The number of aryl methyl sites for hydroxylation is 1. The van der Waals surface area contributed by atoms with Gasteiger partial charge < -0.3 is 10.6 Å². The zero-order valence-electron chi connectivity index (χ0n) is 13.2. The third kappa shape index (κ3) is 5.29. The summed E-state index contributed by atoms with van der Waals surface area (Å²) in [5.74, 6) is -0.519. The van der Waals surface area contributed by atoms with E-state index >= 15 is 0 Å². The van der Waals surface area contributed by atoms with Crippen molar-refractivity contribution in [3.05, 3.63) is 21.9 Å². The summed E-state index contributed by atoms with van der Waals surface area (Å²) in [7, 11) is -3.16. The molecule has 0 radical (unpaired) electrons. The molecule has 0 bridgehead atoms. The van der Waals surface area contributed by atoms with Gasteiger partial charge in [0.1, 0.15) is 0 Å². The zero-order valence-corrected chi connectivity index (χ0v) is 14.8. The number of hydrogen-bond acceptors (Lipinski definition) is 5. The van der Waals surface area contributed by atoms with Crippen LogP contribution in [-0.4, -0.2) is 56.5 Å². The van der Waals surface area contributed by atoms with Gasteiger partial charge in [-0.1, -0.05) is 0 Å². The predicted octanol–water partition coefficient (Wildman–Crippen LogP) is 0.327. The lowest BCUT2D eigenvalue weighted by Crippen LogP contribution is -2.48. The van der Waals surface area contributed by atoms with E-state index in [4.69, 9.17) is 0 Å². The topological polar surface area (TPSA) is 95.6 Å². The van der Waals surface area contributed by atoms with Crippen LogP contribution in [0.4, 0.5) is 0 Å². The molecule has 1 saturated heterocycles. The number of piperidine rings is 1.